The summed E-state index contributed by atoms with van der Waals surface area (Å²) in [6.45, 7) is 2.03. The van der Waals surface area contributed by atoms with Crippen LogP contribution in [0.4, 0.5) is 8.78 Å². The number of halogens is 2. The predicted octanol–water partition coefficient (Wildman–Crippen LogP) is 3.44. The molecule has 2 nitrogen and oxygen atoms in total. The summed E-state index contributed by atoms with van der Waals surface area (Å²) >= 11 is 1.61. The standard InChI is InChI=1S/C16H18F2N2S/c1-11-4-2-5-13(8-11)21-10-12(20-19)9-14-15(17)6-3-7-16(14)18/h2-8,12,20H,9-10,19H2,1H3. The Morgan fingerprint density at radius 1 is 1.14 bits per heavy atom. The molecule has 0 amide bonds. The molecule has 5 heteroatoms. The highest BCUT2D eigenvalue weighted by Gasteiger charge is 2.15. The van der Waals surface area contributed by atoms with Gasteiger partial charge in [-0.25, -0.2) is 8.78 Å². The zero-order valence-corrected chi connectivity index (χ0v) is 12.6. The lowest BCUT2D eigenvalue weighted by atomic mass is 10.1. The molecule has 0 saturated heterocycles. The number of hydrogen-bond donors (Lipinski definition) is 2. The lowest BCUT2D eigenvalue weighted by Crippen LogP contribution is -2.39. The lowest BCUT2D eigenvalue weighted by Gasteiger charge is -2.16. The molecule has 0 bridgehead atoms. The first-order chi connectivity index (χ1) is 10.1. The second-order valence-corrected chi connectivity index (χ2v) is 5.99. The number of hydrogen-bond acceptors (Lipinski definition) is 3. The van der Waals surface area contributed by atoms with E-state index in [4.69, 9.17) is 5.84 Å². The van der Waals surface area contributed by atoms with E-state index < -0.39 is 11.6 Å². The Morgan fingerprint density at radius 2 is 1.81 bits per heavy atom. The Balaban J connectivity index is 2.00. The second-order valence-electron chi connectivity index (χ2n) is 4.90. The number of hydrazine groups is 1. The number of thioether (sulfide) groups is 1. The summed E-state index contributed by atoms with van der Waals surface area (Å²) in [6, 6.07) is 11.8. The van der Waals surface area contributed by atoms with Gasteiger partial charge in [0, 0.05) is 22.3 Å². The Bertz CT molecular complexity index is 584. The zero-order chi connectivity index (χ0) is 15.2. The average Bonchev–Trinajstić information content (AvgIpc) is 2.46. The van der Waals surface area contributed by atoms with Crippen LogP contribution in [-0.2, 0) is 6.42 Å². The van der Waals surface area contributed by atoms with E-state index in [0.717, 1.165) is 4.90 Å². The molecule has 1 unspecified atom stereocenters. The molecule has 0 aliphatic heterocycles. The van der Waals surface area contributed by atoms with Gasteiger partial charge < -0.3 is 0 Å². The fraction of sp³-hybridized carbons (Fsp3) is 0.250. The van der Waals surface area contributed by atoms with Crippen LogP contribution >= 0.6 is 11.8 Å². The second kappa shape index (κ2) is 7.54. The van der Waals surface area contributed by atoms with Gasteiger partial charge in [0.25, 0.3) is 0 Å². The molecule has 0 heterocycles. The summed E-state index contributed by atoms with van der Waals surface area (Å²) < 4.78 is 27.3. The van der Waals surface area contributed by atoms with E-state index in [1.807, 2.05) is 25.1 Å². The van der Waals surface area contributed by atoms with E-state index in [1.165, 1.54) is 23.8 Å². The average molecular weight is 308 g/mol. The SMILES string of the molecule is Cc1cccc(SCC(Cc2c(F)cccc2F)NN)c1. The van der Waals surface area contributed by atoms with Crippen LogP contribution in [0.2, 0.25) is 0 Å². The predicted molar refractivity (Wildman–Crippen MR) is 83.1 cm³/mol. The van der Waals surface area contributed by atoms with Crippen molar-refractivity contribution in [1.82, 2.24) is 5.43 Å². The molecule has 112 valence electrons. The summed E-state index contributed by atoms with van der Waals surface area (Å²) in [4.78, 5) is 1.12. The molecule has 0 fully saturated rings. The van der Waals surface area contributed by atoms with Crippen molar-refractivity contribution in [2.24, 2.45) is 5.84 Å². The highest BCUT2D eigenvalue weighted by Crippen LogP contribution is 2.22. The van der Waals surface area contributed by atoms with Gasteiger partial charge in [-0.3, -0.25) is 11.3 Å². The van der Waals surface area contributed by atoms with E-state index in [9.17, 15) is 8.78 Å². The third-order valence-corrected chi connectivity index (χ3v) is 4.34. The summed E-state index contributed by atoms with van der Waals surface area (Å²) in [7, 11) is 0. The third-order valence-electron chi connectivity index (χ3n) is 3.19. The number of aryl methyl sites for hydroxylation is 1. The summed E-state index contributed by atoms with van der Waals surface area (Å²) in [5.41, 5.74) is 3.89. The van der Waals surface area contributed by atoms with Crippen molar-refractivity contribution in [3.05, 3.63) is 65.2 Å². The monoisotopic (exact) mass is 308 g/mol. The molecule has 2 aromatic carbocycles. The van der Waals surface area contributed by atoms with Crippen molar-refractivity contribution in [2.45, 2.75) is 24.3 Å². The van der Waals surface area contributed by atoms with Crippen LogP contribution in [0.25, 0.3) is 0 Å². The van der Waals surface area contributed by atoms with Crippen molar-refractivity contribution in [3.63, 3.8) is 0 Å². The van der Waals surface area contributed by atoms with Crippen molar-refractivity contribution in [1.29, 1.82) is 0 Å². The molecular formula is C16H18F2N2S. The van der Waals surface area contributed by atoms with Crippen LogP contribution < -0.4 is 11.3 Å². The van der Waals surface area contributed by atoms with E-state index in [0.29, 0.717) is 5.75 Å². The van der Waals surface area contributed by atoms with E-state index >= 15 is 0 Å². The smallest absolute Gasteiger partial charge is 0.129 e. The quantitative estimate of drug-likeness (QED) is 0.488. The Kier molecular flexibility index (Phi) is 5.73. The molecule has 0 spiro atoms. The van der Waals surface area contributed by atoms with Crippen LogP contribution in [-0.4, -0.2) is 11.8 Å². The highest BCUT2D eigenvalue weighted by atomic mass is 32.2. The van der Waals surface area contributed by atoms with Gasteiger partial charge in [-0.2, -0.15) is 0 Å². The maximum atomic E-state index is 13.6. The Hall–Kier alpha value is -1.43. The van der Waals surface area contributed by atoms with Crippen molar-refractivity contribution in [2.75, 3.05) is 5.75 Å². The zero-order valence-electron chi connectivity index (χ0n) is 11.8. The minimum absolute atomic E-state index is 0.0743. The van der Waals surface area contributed by atoms with Crippen molar-refractivity contribution < 1.29 is 8.78 Å². The molecule has 0 aliphatic rings. The Labute approximate surface area is 127 Å². The van der Waals surface area contributed by atoms with E-state index in [1.54, 1.807) is 11.8 Å². The fourth-order valence-corrected chi connectivity index (χ4v) is 3.09. The number of nitrogens with one attached hydrogen (secondary N) is 1. The van der Waals surface area contributed by atoms with Gasteiger partial charge in [0.1, 0.15) is 11.6 Å². The van der Waals surface area contributed by atoms with Crippen LogP contribution in [0.1, 0.15) is 11.1 Å². The van der Waals surface area contributed by atoms with Crippen LogP contribution in [0.15, 0.2) is 47.4 Å². The summed E-state index contributed by atoms with van der Waals surface area (Å²) in [6.07, 6.45) is 0.216. The van der Waals surface area contributed by atoms with Gasteiger partial charge >= 0.3 is 0 Å². The van der Waals surface area contributed by atoms with Crippen LogP contribution in [0, 0.1) is 18.6 Å². The third kappa shape index (κ3) is 4.52. The van der Waals surface area contributed by atoms with E-state index in [2.05, 4.69) is 11.5 Å². The molecule has 2 rings (SSSR count). The van der Waals surface area contributed by atoms with Gasteiger partial charge in [0.2, 0.25) is 0 Å². The van der Waals surface area contributed by atoms with Gasteiger partial charge in [-0.05, 0) is 37.6 Å². The first-order valence-corrected chi connectivity index (χ1v) is 7.67. The molecule has 1 atom stereocenters. The van der Waals surface area contributed by atoms with Crippen molar-refractivity contribution in [3.8, 4) is 0 Å². The number of nitrogens with two attached hydrogens (primary N) is 1. The maximum Gasteiger partial charge on any atom is 0.129 e. The number of rotatable bonds is 6. The van der Waals surface area contributed by atoms with Gasteiger partial charge in [-0.1, -0.05) is 23.8 Å². The normalized spacial score (nSPS) is 12.4. The molecule has 2 aromatic rings. The molecule has 0 saturated carbocycles. The van der Waals surface area contributed by atoms with Gasteiger partial charge in [-0.15, -0.1) is 11.8 Å². The molecule has 0 radical (unpaired) electrons. The molecule has 0 aliphatic carbocycles. The van der Waals surface area contributed by atoms with Gasteiger partial charge in [0.05, 0.1) is 0 Å². The first-order valence-electron chi connectivity index (χ1n) is 6.68. The number of benzene rings is 2. The van der Waals surface area contributed by atoms with E-state index in [-0.39, 0.29) is 18.0 Å². The highest BCUT2D eigenvalue weighted by molar-refractivity contribution is 7.99. The first kappa shape index (κ1) is 15.9. The maximum absolute atomic E-state index is 13.6. The molecular weight excluding hydrogens is 290 g/mol. The van der Waals surface area contributed by atoms with Crippen LogP contribution in [0.3, 0.4) is 0 Å². The minimum atomic E-state index is -0.532. The summed E-state index contributed by atoms with van der Waals surface area (Å²) in [5.74, 6) is 5.08. The van der Waals surface area contributed by atoms with Crippen LogP contribution in [0.5, 0.6) is 0 Å². The topological polar surface area (TPSA) is 38.0 Å². The largest absolute Gasteiger partial charge is 0.271 e. The van der Waals surface area contributed by atoms with Gasteiger partial charge in [0.15, 0.2) is 0 Å². The minimum Gasteiger partial charge on any atom is -0.271 e. The summed E-state index contributed by atoms with van der Waals surface area (Å²) in [5, 5.41) is 0. The lowest BCUT2D eigenvalue weighted by molar-refractivity contribution is 0.512. The molecule has 21 heavy (non-hydrogen) atoms. The molecule has 3 N–H and O–H groups in total. The molecule has 0 aromatic heterocycles. The Morgan fingerprint density at radius 3 is 2.43 bits per heavy atom. The fourth-order valence-electron chi connectivity index (χ4n) is 2.04. The van der Waals surface area contributed by atoms with Crippen molar-refractivity contribution >= 4 is 11.8 Å².